The molecular weight excluding hydrogens is 298 g/mol. The fourth-order valence-corrected chi connectivity index (χ4v) is 2.32. The SMILES string of the molecule is O=C1CCCc2cc(I)c(Cl)cc21. The summed E-state index contributed by atoms with van der Waals surface area (Å²) in [6.45, 7) is 0. The van der Waals surface area contributed by atoms with E-state index in [1.807, 2.05) is 6.07 Å². The Labute approximate surface area is 95.6 Å². The Balaban J connectivity index is 2.58. The largest absolute Gasteiger partial charge is 0.294 e. The molecule has 0 unspecified atom stereocenters. The van der Waals surface area contributed by atoms with Gasteiger partial charge in [-0.25, -0.2) is 0 Å². The number of aryl methyl sites for hydroxylation is 1. The zero-order valence-electron chi connectivity index (χ0n) is 6.94. The summed E-state index contributed by atoms with van der Waals surface area (Å²) in [5, 5.41) is 0.689. The number of carbonyl (C=O) groups is 1. The number of hydrogen-bond donors (Lipinski definition) is 0. The summed E-state index contributed by atoms with van der Waals surface area (Å²) in [5.41, 5.74) is 1.99. The van der Waals surface area contributed by atoms with Gasteiger partial charge in [0.25, 0.3) is 0 Å². The van der Waals surface area contributed by atoms with Gasteiger partial charge in [-0.15, -0.1) is 0 Å². The summed E-state index contributed by atoms with van der Waals surface area (Å²) in [7, 11) is 0. The lowest BCUT2D eigenvalue weighted by Crippen LogP contribution is -2.10. The van der Waals surface area contributed by atoms with Crippen LogP contribution >= 0.6 is 34.2 Å². The predicted molar refractivity (Wildman–Crippen MR) is 61.4 cm³/mol. The molecule has 13 heavy (non-hydrogen) atoms. The van der Waals surface area contributed by atoms with Crippen molar-refractivity contribution in [2.45, 2.75) is 19.3 Å². The molecule has 1 aromatic rings. The standard InChI is InChI=1S/C10H8ClIO/c11-8-5-7-6(4-9(8)12)2-1-3-10(7)13/h4-5H,1-3H2. The summed E-state index contributed by atoms with van der Waals surface area (Å²) >= 11 is 8.15. The molecule has 1 aromatic carbocycles. The molecule has 0 heterocycles. The van der Waals surface area contributed by atoms with Crippen LogP contribution in [0.2, 0.25) is 5.02 Å². The summed E-state index contributed by atoms with van der Waals surface area (Å²) in [6, 6.07) is 3.83. The van der Waals surface area contributed by atoms with Crippen molar-refractivity contribution in [1.82, 2.24) is 0 Å². The van der Waals surface area contributed by atoms with Crippen LogP contribution in [0.15, 0.2) is 12.1 Å². The van der Waals surface area contributed by atoms with Crippen molar-refractivity contribution in [3.8, 4) is 0 Å². The van der Waals surface area contributed by atoms with Crippen molar-refractivity contribution in [3.05, 3.63) is 31.9 Å². The van der Waals surface area contributed by atoms with Gasteiger partial charge in [0.1, 0.15) is 0 Å². The first-order valence-electron chi connectivity index (χ1n) is 4.19. The van der Waals surface area contributed by atoms with E-state index in [-0.39, 0.29) is 5.78 Å². The number of halogens is 2. The van der Waals surface area contributed by atoms with Gasteiger partial charge >= 0.3 is 0 Å². The van der Waals surface area contributed by atoms with Gasteiger partial charge in [-0.2, -0.15) is 0 Å². The van der Waals surface area contributed by atoms with Crippen molar-refractivity contribution in [1.29, 1.82) is 0 Å². The molecule has 0 bridgehead atoms. The van der Waals surface area contributed by atoms with Crippen LogP contribution in [0.25, 0.3) is 0 Å². The van der Waals surface area contributed by atoms with E-state index in [2.05, 4.69) is 22.6 Å². The maximum absolute atomic E-state index is 11.5. The maximum Gasteiger partial charge on any atom is 0.163 e. The first-order valence-corrected chi connectivity index (χ1v) is 5.65. The second-order valence-electron chi connectivity index (χ2n) is 3.20. The Bertz CT molecular complexity index is 373. The van der Waals surface area contributed by atoms with Gasteiger partial charge in [-0.05, 0) is 53.1 Å². The van der Waals surface area contributed by atoms with Gasteiger partial charge in [0.05, 0.1) is 5.02 Å². The van der Waals surface area contributed by atoms with E-state index in [0.29, 0.717) is 11.4 Å². The lowest BCUT2D eigenvalue weighted by molar-refractivity contribution is 0.0972. The molecule has 1 aliphatic carbocycles. The Kier molecular flexibility index (Phi) is 2.60. The second kappa shape index (κ2) is 3.58. The fraction of sp³-hybridized carbons (Fsp3) is 0.300. The number of hydrogen-bond acceptors (Lipinski definition) is 1. The molecule has 0 amide bonds. The lowest BCUT2D eigenvalue weighted by Gasteiger charge is -2.15. The van der Waals surface area contributed by atoms with Crippen LogP contribution in [-0.2, 0) is 6.42 Å². The van der Waals surface area contributed by atoms with Crippen LogP contribution < -0.4 is 0 Å². The lowest BCUT2D eigenvalue weighted by atomic mass is 9.91. The minimum atomic E-state index is 0.236. The third-order valence-corrected chi connectivity index (χ3v) is 3.82. The minimum Gasteiger partial charge on any atom is -0.294 e. The fourth-order valence-electron chi connectivity index (χ4n) is 1.63. The number of fused-ring (bicyclic) bond motifs is 1. The molecule has 0 saturated carbocycles. The molecule has 0 aliphatic heterocycles. The van der Waals surface area contributed by atoms with E-state index in [9.17, 15) is 4.79 Å². The van der Waals surface area contributed by atoms with Crippen molar-refractivity contribution in [3.63, 3.8) is 0 Å². The van der Waals surface area contributed by atoms with Crippen molar-refractivity contribution in [2.75, 3.05) is 0 Å². The van der Waals surface area contributed by atoms with Gasteiger partial charge in [-0.1, -0.05) is 11.6 Å². The molecule has 2 rings (SSSR count). The highest BCUT2D eigenvalue weighted by molar-refractivity contribution is 14.1. The van der Waals surface area contributed by atoms with Crippen molar-refractivity contribution >= 4 is 40.0 Å². The predicted octanol–water partition coefficient (Wildman–Crippen LogP) is 3.46. The molecule has 0 spiro atoms. The summed E-state index contributed by atoms with van der Waals surface area (Å²) in [4.78, 5) is 11.5. The Hall–Kier alpha value is -0.0900. The van der Waals surface area contributed by atoms with Gasteiger partial charge in [-0.3, -0.25) is 4.79 Å². The van der Waals surface area contributed by atoms with Crippen molar-refractivity contribution < 1.29 is 4.79 Å². The number of ketones is 1. The summed E-state index contributed by atoms with van der Waals surface area (Å²) < 4.78 is 1.03. The third kappa shape index (κ3) is 1.74. The molecule has 68 valence electrons. The van der Waals surface area contributed by atoms with E-state index in [1.54, 1.807) is 6.07 Å². The van der Waals surface area contributed by atoms with Gasteiger partial charge in [0.15, 0.2) is 5.78 Å². The zero-order valence-corrected chi connectivity index (χ0v) is 9.85. The molecular formula is C10H8ClIO. The maximum atomic E-state index is 11.5. The number of carbonyl (C=O) groups excluding carboxylic acids is 1. The molecule has 1 nitrogen and oxygen atoms in total. The molecule has 0 radical (unpaired) electrons. The van der Waals surface area contributed by atoms with E-state index in [0.717, 1.165) is 27.5 Å². The van der Waals surface area contributed by atoms with Crippen LogP contribution in [0, 0.1) is 3.57 Å². The summed E-state index contributed by atoms with van der Waals surface area (Å²) in [6.07, 6.45) is 2.65. The van der Waals surface area contributed by atoms with Crippen LogP contribution in [0.4, 0.5) is 0 Å². The second-order valence-corrected chi connectivity index (χ2v) is 4.77. The third-order valence-electron chi connectivity index (χ3n) is 2.30. The van der Waals surface area contributed by atoms with E-state index in [4.69, 9.17) is 11.6 Å². The van der Waals surface area contributed by atoms with Crippen LogP contribution in [0.3, 0.4) is 0 Å². The summed E-state index contributed by atoms with van der Waals surface area (Å²) in [5.74, 6) is 0.236. The highest BCUT2D eigenvalue weighted by Gasteiger charge is 2.18. The first kappa shape index (κ1) is 9.46. The van der Waals surface area contributed by atoms with E-state index >= 15 is 0 Å². The zero-order chi connectivity index (χ0) is 9.42. The normalized spacial score (nSPS) is 15.7. The number of Topliss-reactive ketones (excluding diaryl/α,β-unsaturated/α-hetero) is 1. The minimum absolute atomic E-state index is 0.236. The average molecular weight is 307 g/mol. The van der Waals surface area contributed by atoms with Gasteiger partial charge < -0.3 is 0 Å². The smallest absolute Gasteiger partial charge is 0.163 e. The molecule has 0 N–H and O–H groups in total. The van der Waals surface area contributed by atoms with Crippen LogP contribution in [0.5, 0.6) is 0 Å². The quantitative estimate of drug-likeness (QED) is 0.671. The highest BCUT2D eigenvalue weighted by Crippen LogP contribution is 2.28. The first-order chi connectivity index (χ1) is 6.18. The van der Waals surface area contributed by atoms with Crippen LogP contribution in [0.1, 0.15) is 28.8 Å². The van der Waals surface area contributed by atoms with Gasteiger partial charge in [0.2, 0.25) is 0 Å². The highest BCUT2D eigenvalue weighted by atomic mass is 127. The van der Waals surface area contributed by atoms with Crippen molar-refractivity contribution in [2.24, 2.45) is 0 Å². The average Bonchev–Trinajstić information content (AvgIpc) is 2.09. The molecule has 3 heteroatoms. The van der Waals surface area contributed by atoms with Gasteiger partial charge in [0, 0.05) is 15.6 Å². The molecule has 0 aromatic heterocycles. The Morgan fingerprint density at radius 3 is 2.85 bits per heavy atom. The Morgan fingerprint density at radius 1 is 1.31 bits per heavy atom. The molecule has 0 fully saturated rings. The monoisotopic (exact) mass is 306 g/mol. The Morgan fingerprint density at radius 2 is 2.08 bits per heavy atom. The number of benzene rings is 1. The van der Waals surface area contributed by atoms with E-state index < -0.39 is 0 Å². The van der Waals surface area contributed by atoms with Crippen LogP contribution in [-0.4, -0.2) is 5.78 Å². The molecule has 0 atom stereocenters. The topological polar surface area (TPSA) is 17.1 Å². The molecule has 1 aliphatic rings. The van der Waals surface area contributed by atoms with E-state index in [1.165, 1.54) is 0 Å². The number of rotatable bonds is 0. The molecule has 0 saturated heterocycles.